The third-order valence-corrected chi connectivity index (χ3v) is 2.80. The van der Waals surface area contributed by atoms with Crippen LogP contribution in [0.1, 0.15) is 20.3 Å². The van der Waals surface area contributed by atoms with Gasteiger partial charge in [-0.2, -0.15) is 0 Å². The van der Waals surface area contributed by atoms with Gasteiger partial charge in [0.25, 0.3) is 0 Å². The first kappa shape index (κ1) is 21.8. The molecule has 1 aromatic rings. The molecule has 1 rings (SSSR count). The van der Waals surface area contributed by atoms with Gasteiger partial charge in [-0.1, -0.05) is 15.9 Å². The van der Waals surface area contributed by atoms with Crippen LogP contribution in [0.25, 0.3) is 0 Å². The van der Waals surface area contributed by atoms with Crippen molar-refractivity contribution in [3.63, 3.8) is 0 Å². The minimum absolute atomic E-state index is 0. The molecule has 116 valence electrons. The first-order chi connectivity index (χ1) is 8.52. The lowest BCUT2D eigenvalue weighted by molar-refractivity contribution is -0.116. The highest BCUT2D eigenvalue weighted by Crippen LogP contribution is 2.26. The number of rotatable bonds is 6. The standard InChI is InChI=1S/C13H20BrN3O.2ClH/c1-9(2)16-11-5-4-10(14)8-12(11)17-13(18)6-7-15-3;;/h4-5,8-9,15-16H,6-7H2,1-3H3,(H,17,18);2*1H. The Kier molecular flexibility index (Phi) is 12.2. The molecule has 0 spiro atoms. The fourth-order valence-electron chi connectivity index (χ4n) is 1.51. The minimum atomic E-state index is 0. The van der Waals surface area contributed by atoms with E-state index in [2.05, 4.69) is 45.7 Å². The van der Waals surface area contributed by atoms with E-state index in [-0.39, 0.29) is 30.7 Å². The van der Waals surface area contributed by atoms with Crippen molar-refractivity contribution in [3.8, 4) is 0 Å². The van der Waals surface area contributed by atoms with Crippen molar-refractivity contribution < 1.29 is 4.79 Å². The predicted molar refractivity (Wildman–Crippen MR) is 94.6 cm³/mol. The molecule has 0 radical (unpaired) electrons. The Morgan fingerprint density at radius 3 is 2.45 bits per heavy atom. The van der Waals surface area contributed by atoms with Gasteiger partial charge in [0.1, 0.15) is 0 Å². The van der Waals surface area contributed by atoms with Gasteiger partial charge in [0.2, 0.25) is 5.91 Å². The van der Waals surface area contributed by atoms with Gasteiger partial charge in [-0.3, -0.25) is 4.79 Å². The predicted octanol–water partition coefficient (Wildman–Crippen LogP) is 3.66. The second-order valence-electron chi connectivity index (χ2n) is 4.39. The molecule has 0 heterocycles. The Hall–Kier alpha value is -0.490. The maximum atomic E-state index is 11.7. The molecule has 1 amide bonds. The molecular formula is C13H22BrCl2N3O. The molecule has 0 saturated heterocycles. The molecule has 0 unspecified atom stereocenters. The van der Waals surface area contributed by atoms with Crippen molar-refractivity contribution in [3.05, 3.63) is 22.7 Å². The minimum Gasteiger partial charge on any atom is -0.381 e. The molecule has 0 bridgehead atoms. The quantitative estimate of drug-likeness (QED) is 0.699. The summed E-state index contributed by atoms with van der Waals surface area (Å²) in [5, 5.41) is 9.19. The van der Waals surface area contributed by atoms with E-state index in [9.17, 15) is 4.79 Å². The first-order valence-corrected chi connectivity index (χ1v) is 6.82. The number of hydrogen-bond donors (Lipinski definition) is 3. The van der Waals surface area contributed by atoms with Gasteiger partial charge in [-0.15, -0.1) is 24.8 Å². The number of benzene rings is 1. The van der Waals surface area contributed by atoms with Crippen molar-refractivity contribution in [2.45, 2.75) is 26.3 Å². The molecule has 4 nitrogen and oxygen atoms in total. The van der Waals surface area contributed by atoms with Crippen molar-refractivity contribution in [2.24, 2.45) is 0 Å². The molecule has 0 saturated carbocycles. The van der Waals surface area contributed by atoms with Gasteiger partial charge in [0.15, 0.2) is 0 Å². The molecular weight excluding hydrogens is 365 g/mol. The van der Waals surface area contributed by atoms with E-state index in [1.54, 1.807) is 0 Å². The summed E-state index contributed by atoms with van der Waals surface area (Å²) in [4.78, 5) is 11.7. The van der Waals surface area contributed by atoms with Gasteiger partial charge in [0, 0.05) is 23.5 Å². The summed E-state index contributed by atoms with van der Waals surface area (Å²) in [5.41, 5.74) is 1.74. The van der Waals surface area contributed by atoms with E-state index in [4.69, 9.17) is 0 Å². The van der Waals surface area contributed by atoms with Crippen molar-refractivity contribution in [1.29, 1.82) is 0 Å². The molecule has 0 aliphatic heterocycles. The highest BCUT2D eigenvalue weighted by atomic mass is 79.9. The first-order valence-electron chi connectivity index (χ1n) is 6.03. The van der Waals surface area contributed by atoms with Gasteiger partial charge in [-0.05, 0) is 39.1 Å². The van der Waals surface area contributed by atoms with E-state index in [0.717, 1.165) is 15.8 Å². The van der Waals surface area contributed by atoms with Crippen LogP contribution in [0.15, 0.2) is 22.7 Å². The summed E-state index contributed by atoms with van der Waals surface area (Å²) in [6.45, 7) is 4.80. The fraction of sp³-hybridized carbons (Fsp3) is 0.462. The highest BCUT2D eigenvalue weighted by molar-refractivity contribution is 9.10. The summed E-state index contributed by atoms with van der Waals surface area (Å²) >= 11 is 3.41. The molecule has 3 N–H and O–H groups in total. The average Bonchev–Trinajstić information content (AvgIpc) is 2.29. The summed E-state index contributed by atoms with van der Waals surface area (Å²) in [5.74, 6) is 0.00857. The molecule has 7 heteroatoms. The van der Waals surface area contributed by atoms with Crippen LogP contribution in [0.5, 0.6) is 0 Å². The summed E-state index contributed by atoms with van der Waals surface area (Å²) in [6.07, 6.45) is 0.462. The van der Waals surface area contributed by atoms with Crippen molar-refractivity contribution in [1.82, 2.24) is 5.32 Å². The second kappa shape index (κ2) is 11.2. The number of nitrogens with one attached hydrogen (secondary N) is 3. The van der Waals surface area contributed by atoms with Crippen LogP contribution in [-0.4, -0.2) is 25.5 Å². The third kappa shape index (κ3) is 7.94. The Bertz CT molecular complexity index is 417. The lowest BCUT2D eigenvalue weighted by Gasteiger charge is -2.16. The monoisotopic (exact) mass is 385 g/mol. The lowest BCUT2D eigenvalue weighted by atomic mass is 10.2. The fourth-order valence-corrected chi connectivity index (χ4v) is 1.87. The zero-order valence-corrected chi connectivity index (χ0v) is 15.0. The normalized spacial score (nSPS) is 9.45. The largest absolute Gasteiger partial charge is 0.381 e. The Morgan fingerprint density at radius 2 is 1.90 bits per heavy atom. The van der Waals surface area contributed by atoms with Gasteiger partial charge < -0.3 is 16.0 Å². The molecule has 0 aliphatic carbocycles. The lowest BCUT2D eigenvalue weighted by Crippen LogP contribution is -2.20. The van der Waals surface area contributed by atoms with E-state index in [1.807, 2.05) is 25.2 Å². The van der Waals surface area contributed by atoms with E-state index >= 15 is 0 Å². The number of carbonyl (C=O) groups excluding carboxylic acids is 1. The molecule has 0 fully saturated rings. The number of carbonyl (C=O) groups is 1. The van der Waals surface area contributed by atoms with Crippen LogP contribution >= 0.6 is 40.7 Å². The maximum Gasteiger partial charge on any atom is 0.225 e. The summed E-state index contributed by atoms with van der Waals surface area (Å²) < 4.78 is 0.945. The zero-order chi connectivity index (χ0) is 13.5. The van der Waals surface area contributed by atoms with Gasteiger partial charge in [-0.25, -0.2) is 0 Å². The zero-order valence-electron chi connectivity index (χ0n) is 11.8. The van der Waals surface area contributed by atoms with Crippen molar-refractivity contribution in [2.75, 3.05) is 24.2 Å². The van der Waals surface area contributed by atoms with E-state index < -0.39 is 0 Å². The second-order valence-corrected chi connectivity index (χ2v) is 5.31. The van der Waals surface area contributed by atoms with E-state index in [0.29, 0.717) is 19.0 Å². The molecule has 1 aromatic carbocycles. The van der Waals surface area contributed by atoms with E-state index in [1.165, 1.54) is 0 Å². The maximum absolute atomic E-state index is 11.7. The van der Waals surface area contributed by atoms with Crippen LogP contribution in [0.3, 0.4) is 0 Å². The van der Waals surface area contributed by atoms with Crippen LogP contribution in [0.4, 0.5) is 11.4 Å². The molecule has 0 aliphatic rings. The van der Waals surface area contributed by atoms with Crippen LogP contribution in [0, 0.1) is 0 Å². The number of anilines is 2. The molecule has 0 atom stereocenters. The van der Waals surface area contributed by atoms with Crippen LogP contribution in [-0.2, 0) is 4.79 Å². The number of hydrogen-bond acceptors (Lipinski definition) is 3. The topological polar surface area (TPSA) is 53.2 Å². The highest BCUT2D eigenvalue weighted by Gasteiger charge is 2.08. The Balaban J connectivity index is 0. The Morgan fingerprint density at radius 1 is 1.25 bits per heavy atom. The summed E-state index contributed by atoms with van der Waals surface area (Å²) in [7, 11) is 1.83. The third-order valence-electron chi connectivity index (χ3n) is 2.30. The smallest absolute Gasteiger partial charge is 0.225 e. The van der Waals surface area contributed by atoms with Gasteiger partial charge in [0.05, 0.1) is 11.4 Å². The number of halogens is 3. The van der Waals surface area contributed by atoms with Gasteiger partial charge >= 0.3 is 0 Å². The molecule has 0 aromatic heterocycles. The van der Waals surface area contributed by atoms with Crippen molar-refractivity contribution >= 4 is 58.0 Å². The SMILES string of the molecule is CNCCC(=O)Nc1cc(Br)ccc1NC(C)C.Cl.Cl. The Labute approximate surface area is 141 Å². The van der Waals surface area contributed by atoms with Crippen LogP contribution < -0.4 is 16.0 Å². The number of amides is 1. The average molecular weight is 387 g/mol. The van der Waals surface area contributed by atoms with Crippen LogP contribution in [0.2, 0.25) is 0 Å². The summed E-state index contributed by atoms with van der Waals surface area (Å²) in [6, 6.07) is 6.13. The molecule has 20 heavy (non-hydrogen) atoms.